The molecule has 0 saturated heterocycles. The number of hydrogen-bond acceptors (Lipinski definition) is 5. The molecule has 0 spiro atoms. The summed E-state index contributed by atoms with van der Waals surface area (Å²) in [5.74, 6) is 2.46. The van der Waals surface area contributed by atoms with Gasteiger partial charge in [-0.15, -0.1) is 0 Å². The topological polar surface area (TPSA) is 60.0 Å². The van der Waals surface area contributed by atoms with Gasteiger partial charge < -0.3 is 24.6 Å². The van der Waals surface area contributed by atoms with Gasteiger partial charge in [0.2, 0.25) is 0 Å². The van der Waals surface area contributed by atoms with Crippen molar-refractivity contribution < 1.29 is 19.3 Å². The normalized spacial score (nSPS) is 18.2. The van der Waals surface area contributed by atoms with Crippen LogP contribution in [0.3, 0.4) is 0 Å². The van der Waals surface area contributed by atoms with E-state index in [1.807, 2.05) is 25.1 Å². The van der Waals surface area contributed by atoms with Crippen molar-refractivity contribution in [2.75, 3.05) is 21.3 Å². The van der Waals surface area contributed by atoms with Gasteiger partial charge in [0.25, 0.3) is 0 Å². The highest BCUT2D eigenvalue weighted by atomic mass is 16.5. The lowest BCUT2D eigenvalue weighted by atomic mass is 9.83. The molecule has 4 rings (SSSR count). The molecule has 0 aromatic heterocycles. The zero-order valence-corrected chi connectivity index (χ0v) is 18.4. The molecule has 0 amide bonds. The Morgan fingerprint density at radius 3 is 2.30 bits per heavy atom. The minimum Gasteiger partial charge on any atom is -0.507 e. The van der Waals surface area contributed by atoms with Crippen LogP contribution in [-0.4, -0.2) is 32.5 Å². The summed E-state index contributed by atoms with van der Waals surface area (Å²) in [6.07, 6.45) is 0.855. The van der Waals surface area contributed by atoms with Crippen LogP contribution < -0.4 is 19.5 Å². The minimum atomic E-state index is 0.156. The molecule has 2 atom stereocenters. The molecular formula is C25H29NO4. The van der Waals surface area contributed by atoms with Crippen LogP contribution in [0.1, 0.15) is 36.6 Å². The Morgan fingerprint density at radius 1 is 0.933 bits per heavy atom. The van der Waals surface area contributed by atoms with Crippen molar-refractivity contribution in [2.24, 2.45) is 0 Å². The van der Waals surface area contributed by atoms with Crippen LogP contribution in [-0.2, 0) is 6.42 Å². The van der Waals surface area contributed by atoms with Crippen molar-refractivity contribution in [3.63, 3.8) is 0 Å². The number of rotatable bonds is 4. The summed E-state index contributed by atoms with van der Waals surface area (Å²) in [5.41, 5.74) is 5.51. The fraction of sp³-hybridized carbons (Fsp3) is 0.360. The van der Waals surface area contributed by atoms with E-state index in [4.69, 9.17) is 14.2 Å². The lowest BCUT2D eigenvalue weighted by Crippen LogP contribution is -2.36. The molecule has 0 bridgehead atoms. The fourth-order valence-electron chi connectivity index (χ4n) is 4.83. The van der Waals surface area contributed by atoms with Crippen molar-refractivity contribution in [2.45, 2.75) is 39.3 Å². The lowest BCUT2D eigenvalue weighted by Gasteiger charge is -2.33. The number of fused-ring (bicyclic) bond motifs is 2. The van der Waals surface area contributed by atoms with Gasteiger partial charge in [-0.3, -0.25) is 0 Å². The summed E-state index contributed by atoms with van der Waals surface area (Å²) in [6.45, 7) is 6.39. The Balaban J connectivity index is 2.14. The summed E-state index contributed by atoms with van der Waals surface area (Å²) < 4.78 is 17.2. The monoisotopic (exact) mass is 407 g/mol. The quantitative estimate of drug-likeness (QED) is 0.627. The van der Waals surface area contributed by atoms with Crippen LogP contribution in [0.2, 0.25) is 0 Å². The average molecular weight is 408 g/mol. The lowest BCUT2D eigenvalue weighted by molar-refractivity contribution is 0.371. The maximum atomic E-state index is 10.6. The number of aromatic hydroxyl groups is 1. The van der Waals surface area contributed by atoms with Gasteiger partial charge in [0.15, 0.2) is 0 Å². The molecule has 0 radical (unpaired) electrons. The minimum absolute atomic E-state index is 0.156. The molecule has 3 aromatic rings. The predicted molar refractivity (Wildman–Crippen MR) is 120 cm³/mol. The van der Waals surface area contributed by atoms with Gasteiger partial charge in [0.05, 0.1) is 26.7 Å². The van der Waals surface area contributed by atoms with E-state index >= 15 is 0 Å². The van der Waals surface area contributed by atoms with Crippen LogP contribution in [0.25, 0.3) is 21.9 Å². The second kappa shape index (κ2) is 7.73. The number of methoxy groups -OCH3 is 3. The van der Waals surface area contributed by atoms with Gasteiger partial charge >= 0.3 is 0 Å². The largest absolute Gasteiger partial charge is 0.507 e. The molecule has 5 heteroatoms. The Bertz CT molecular complexity index is 1120. The van der Waals surface area contributed by atoms with Gasteiger partial charge in [0, 0.05) is 29.3 Å². The zero-order chi connectivity index (χ0) is 21.6. The van der Waals surface area contributed by atoms with E-state index in [0.717, 1.165) is 45.6 Å². The molecule has 1 heterocycles. The van der Waals surface area contributed by atoms with Gasteiger partial charge in [-0.25, -0.2) is 0 Å². The molecule has 158 valence electrons. The smallest absolute Gasteiger partial charge is 0.130 e. The van der Waals surface area contributed by atoms with Crippen molar-refractivity contribution in [3.05, 3.63) is 47.0 Å². The molecule has 1 aliphatic rings. The van der Waals surface area contributed by atoms with E-state index in [9.17, 15) is 5.11 Å². The molecule has 0 saturated carbocycles. The number of phenolic OH excluding ortho intramolecular Hbond substituents is 1. The first-order valence-corrected chi connectivity index (χ1v) is 10.2. The first-order valence-electron chi connectivity index (χ1n) is 10.2. The van der Waals surface area contributed by atoms with Crippen LogP contribution >= 0.6 is 0 Å². The molecule has 0 aliphatic carbocycles. The Hall–Kier alpha value is -2.92. The Kier molecular flexibility index (Phi) is 5.24. The Labute approximate surface area is 177 Å². The number of hydrogen-bond donors (Lipinski definition) is 2. The van der Waals surface area contributed by atoms with Crippen molar-refractivity contribution >= 4 is 10.8 Å². The molecule has 30 heavy (non-hydrogen) atoms. The summed E-state index contributed by atoms with van der Waals surface area (Å²) >= 11 is 0. The third-order valence-electron chi connectivity index (χ3n) is 6.01. The first kappa shape index (κ1) is 20.4. The molecule has 0 unspecified atom stereocenters. The maximum Gasteiger partial charge on any atom is 0.130 e. The number of benzene rings is 3. The summed E-state index contributed by atoms with van der Waals surface area (Å²) in [4.78, 5) is 0. The van der Waals surface area contributed by atoms with E-state index in [1.165, 1.54) is 5.56 Å². The van der Waals surface area contributed by atoms with Crippen LogP contribution in [0.15, 0.2) is 30.3 Å². The summed E-state index contributed by atoms with van der Waals surface area (Å²) in [5, 5.41) is 15.9. The van der Waals surface area contributed by atoms with E-state index in [2.05, 4.69) is 25.2 Å². The number of aryl methyl sites for hydroxylation is 1. The summed E-state index contributed by atoms with van der Waals surface area (Å²) in [7, 11) is 5.02. The molecule has 3 aromatic carbocycles. The predicted octanol–water partition coefficient (Wildman–Crippen LogP) is 5.14. The third-order valence-corrected chi connectivity index (χ3v) is 6.01. The molecule has 1 aliphatic heterocycles. The Morgan fingerprint density at radius 2 is 1.63 bits per heavy atom. The van der Waals surface area contributed by atoms with Gasteiger partial charge in [0.1, 0.15) is 23.0 Å². The number of phenols is 1. The standard InChI is InChI=1S/C25H29NO4/c1-13-9-17-16(7-8-19(27)25(17)20(10-13)28-4)24-18-11-14(2)26-15(3)23(18)21(29-5)12-22(24)30-6/h7-10,12,14-15,26-27H,11H2,1-6H3/t14-,15-/m0/s1. The SMILES string of the molecule is COc1cc(OC)c2c(c1-c1ccc(O)c3c(OC)cc(C)cc13)C[C@H](C)N[C@H]2C. The molecule has 2 N–H and O–H groups in total. The van der Waals surface area contributed by atoms with Crippen LogP contribution in [0.4, 0.5) is 0 Å². The van der Waals surface area contributed by atoms with Gasteiger partial charge in [-0.1, -0.05) is 6.07 Å². The second-order valence-electron chi connectivity index (χ2n) is 8.06. The second-order valence-corrected chi connectivity index (χ2v) is 8.06. The fourth-order valence-corrected chi connectivity index (χ4v) is 4.83. The van der Waals surface area contributed by atoms with Gasteiger partial charge in [-0.2, -0.15) is 0 Å². The third kappa shape index (κ3) is 3.14. The van der Waals surface area contributed by atoms with Gasteiger partial charge in [-0.05, 0) is 67.5 Å². The highest BCUT2D eigenvalue weighted by Gasteiger charge is 2.30. The molecule has 5 nitrogen and oxygen atoms in total. The number of ether oxygens (including phenoxy) is 3. The highest BCUT2D eigenvalue weighted by Crippen LogP contribution is 2.48. The van der Waals surface area contributed by atoms with E-state index < -0.39 is 0 Å². The number of nitrogens with one attached hydrogen (secondary N) is 1. The van der Waals surface area contributed by atoms with E-state index in [-0.39, 0.29) is 11.8 Å². The molecular weight excluding hydrogens is 378 g/mol. The van der Waals surface area contributed by atoms with E-state index in [1.54, 1.807) is 27.4 Å². The van der Waals surface area contributed by atoms with Crippen LogP contribution in [0.5, 0.6) is 23.0 Å². The molecule has 0 fully saturated rings. The van der Waals surface area contributed by atoms with E-state index in [0.29, 0.717) is 17.2 Å². The average Bonchev–Trinajstić information content (AvgIpc) is 2.72. The van der Waals surface area contributed by atoms with Crippen LogP contribution in [0, 0.1) is 6.92 Å². The highest BCUT2D eigenvalue weighted by molar-refractivity contribution is 6.05. The maximum absolute atomic E-state index is 10.6. The van der Waals surface area contributed by atoms with Crippen molar-refractivity contribution in [1.29, 1.82) is 0 Å². The zero-order valence-electron chi connectivity index (χ0n) is 18.4. The van der Waals surface area contributed by atoms with Crippen molar-refractivity contribution in [3.8, 4) is 34.1 Å². The first-order chi connectivity index (χ1) is 14.4. The van der Waals surface area contributed by atoms with Crippen molar-refractivity contribution in [1.82, 2.24) is 5.32 Å². The summed E-state index contributed by atoms with van der Waals surface area (Å²) in [6, 6.07) is 10.2.